The van der Waals surface area contributed by atoms with Crippen LogP contribution >= 0.6 is 11.3 Å². The van der Waals surface area contributed by atoms with Crippen LogP contribution in [-0.2, 0) is 6.54 Å². The molecule has 12 heteroatoms. The number of nitrogen functional groups attached to an aromatic ring is 1. The molecule has 0 unspecified atom stereocenters. The number of thiazole rings is 1. The summed E-state index contributed by atoms with van der Waals surface area (Å²) in [5.74, 6) is -0.718. The van der Waals surface area contributed by atoms with Crippen LogP contribution in [0.4, 0.5) is 17.1 Å². The molecular formula is C40H42N6O5S. The molecule has 3 atom stereocenters. The smallest absolute Gasteiger partial charge is 0.258 e. The fourth-order valence-corrected chi connectivity index (χ4v) is 6.78. The lowest BCUT2D eigenvalue weighted by Gasteiger charge is -2.38. The first kappa shape index (κ1) is 36.2. The Balaban J connectivity index is 1.20. The van der Waals surface area contributed by atoms with E-state index in [2.05, 4.69) is 20.5 Å². The molecule has 3 amide bonds. The Labute approximate surface area is 307 Å². The van der Waals surface area contributed by atoms with Gasteiger partial charge < -0.3 is 31.1 Å². The van der Waals surface area contributed by atoms with E-state index in [1.54, 1.807) is 65.7 Å². The van der Waals surface area contributed by atoms with Gasteiger partial charge in [0, 0.05) is 53.8 Å². The van der Waals surface area contributed by atoms with Gasteiger partial charge in [-0.25, -0.2) is 4.98 Å². The lowest BCUT2D eigenvalue weighted by molar-refractivity contribution is 0.0343. The number of hydrogen-bond donors (Lipinski definition) is 4. The first-order valence-corrected chi connectivity index (χ1v) is 17.9. The summed E-state index contributed by atoms with van der Waals surface area (Å²) >= 11 is 1.52. The van der Waals surface area contributed by atoms with Gasteiger partial charge in [0.1, 0.15) is 11.1 Å². The number of nitrogens with zero attached hydrogens (tertiary/aromatic N) is 3. The van der Waals surface area contributed by atoms with Crippen molar-refractivity contribution in [2.45, 2.75) is 32.5 Å². The number of rotatable bonds is 11. The van der Waals surface area contributed by atoms with Crippen molar-refractivity contribution in [3.05, 3.63) is 125 Å². The summed E-state index contributed by atoms with van der Waals surface area (Å²) in [6.45, 7) is 5.07. The number of nitrogens with one attached hydrogen (secondary N) is 2. The molecule has 0 spiro atoms. The van der Waals surface area contributed by atoms with Gasteiger partial charge in [-0.15, -0.1) is 11.3 Å². The van der Waals surface area contributed by atoms with Crippen LogP contribution < -0.4 is 21.1 Å². The Hall–Kier alpha value is -5.56. The summed E-state index contributed by atoms with van der Waals surface area (Å²) in [4.78, 5) is 48.4. The van der Waals surface area contributed by atoms with Crippen LogP contribution in [0.5, 0.6) is 5.75 Å². The van der Waals surface area contributed by atoms with Crippen LogP contribution in [0.2, 0.25) is 0 Å². The number of anilines is 3. The second kappa shape index (κ2) is 16.2. The highest BCUT2D eigenvalue weighted by Crippen LogP contribution is 2.35. The quantitative estimate of drug-likeness (QED) is 0.117. The van der Waals surface area contributed by atoms with Crippen LogP contribution in [0.25, 0.3) is 10.6 Å². The molecule has 0 fully saturated rings. The standard InChI is InChI=1S/C40H42N6O5S/c1-25-21-46(26(2)24-47)40(50)31-7-6-10-34(44-38(49)29-15-17-30(18-16-29)39-42-19-20-52-39)36(31)51-35(25)23-45(3)22-27-11-13-28(14-12-27)37(48)43-33-9-5-4-8-32(33)41/h4-20,25-26,35,47H,21-24,41H2,1-3H3,(H,43,48)(H,44,49)/t25-,26+,35+/m0/s1. The molecule has 0 bridgehead atoms. The highest BCUT2D eigenvalue weighted by Gasteiger charge is 2.34. The van der Waals surface area contributed by atoms with E-state index in [-0.39, 0.29) is 42.1 Å². The lowest BCUT2D eigenvalue weighted by Crippen LogP contribution is -2.49. The third-order valence-corrected chi connectivity index (χ3v) is 9.96. The molecule has 1 aromatic heterocycles. The van der Waals surface area contributed by atoms with Gasteiger partial charge in [-0.2, -0.15) is 0 Å². The molecule has 52 heavy (non-hydrogen) atoms. The number of carbonyl (C=O) groups excluding carboxylic acids is 3. The maximum absolute atomic E-state index is 13.9. The minimum absolute atomic E-state index is 0.132. The van der Waals surface area contributed by atoms with Crippen LogP contribution in [0.1, 0.15) is 50.5 Å². The summed E-state index contributed by atoms with van der Waals surface area (Å²) < 4.78 is 6.71. The van der Waals surface area contributed by atoms with Gasteiger partial charge in [-0.3, -0.25) is 19.3 Å². The Morgan fingerprint density at radius 3 is 2.29 bits per heavy atom. The van der Waals surface area contributed by atoms with Crippen molar-refractivity contribution in [3.8, 4) is 16.3 Å². The lowest BCUT2D eigenvalue weighted by atomic mass is 9.98. The van der Waals surface area contributed by atoms with E-state index in [0.29, 0.717) is 53.4 Å². The Morgan fingerprint density at radius 1 is 0.981 bits per heavy atom. The fraction of sp³-hybridized carbons (Fsp3) is 0.250. The predicted octanol–water partition coefficient (Wildman–Crippen LogP) is 6.25. The van der Waals surface area contributed by atoms with Crippen LogP contribution in [0.15, 0.2) is 103 Å². The molecule has 1 aliphatic rings. The predicted molar refractivity (Wildman–Crippen MR) is 205 cm³/mol. The molecular weight excluding hydrogens is 677 g/mol. The van der Waals surface area contributed by atoms with E-state index in [9.17, 15) is 19.5 Å². The highest BCUT2D eigenvalue weighted by molar-refractivity contribution is 7.13. The van der Waals surface area contributed by atoms with Crippen molar-refractivity contribution in [3.63, 3.8) is 0 Å². The number of fused-ring (bicyclic) bond motifs is 1. The summed E-state index contributed by atoms with van der Waals surface area (Å²) in [7, 11) is 1.98. The topological polar surface area (TPSA) is 150 Å². The van der Waals surface area contributed by atoms with Crippen molar-refractivity contribution in [1.82, 2.24) is 14.8 Å². The second-order valence-electron chi connectivity index (χ2n) is 13.1. The van der Waals surface area contributed by atoms with E-state index in [1.165, 1.54) is 11.3 Å². The van der Waals surface area contributed by atoms with Gasteiger partial charge in [0.2, 0.25) is 0 Å². The van der Waals surface area contributed by atoms with Crippen molar-refractivity contribution < 1.29 is 24.2 Å². The van der Waals surface area contributed by atoms with Crippen LogP contribution in [0, 0.1) is 5.92 Å². The molecule has 4 aromatic carbocycles. The van der Waals surface area contributed by atoms with Gasteiger partial charge in [-0.05, 0) is 68.1 Å². The minimum Gasteiger partial charge on any atom is -0.486 e. The average molecular weight is 719 g/mol. The molecule has 1 aliphatic heterocycles. The fourth-order valence-electron chi connectivity index (χ4n) is 6.13. The second-order valence-corrected chi connectivity index (χ2v) is 14.0. The number of aliphatic hydroxyl groups is 1. The molecule has 0 radical (unpaired) electrons. The first-order chi connectivity index (χ1) is 25.1. The summed E-state index contributed by atoms with van der Waals surface area (Å²) in [5.41, 5.74) is 10.6. The molecule has 0 aliphatic carbocycles. The van der Waals surface area contributed by atoms with Crippen LogP contribution in [-0.4, -0.2) is 76.5 Å². The van der Waals surface area contributed by atoms with Crippen molar-refractivity contribution >= 4 is 46.1 Å². The van der Waals surface area contributed by atoms with E-state index in [1.807, 2.05) is 62.7 Å². The average Bonchev–Trinajstić information content (AvgIpc) is 3.70. The monoisotopic (exact) mass is 718 g/mol. The zero-order valence-corrected chi connectivity index (χ0v) is 30.1. The number of para-hydroxylation sites is 3. The number of aliphatic hydroxyl groups excluding tert-OH is 1. The van der Waals surface area contributed by atoms with Gasteiger partial charge in [-0.1, -0.05) is 49.4 Å². The number of nitrogens with two attached hydrogens (primary N) is 1. The molecule has 5 N–H and O–H groups in total. The normalized spacial score (nSPS) is 16.3. The zero-order valence-electron chi connectivity index (χ0n) is 29.3. The third kappa shape index (κ3) is 8.31. The third-order valence-electron chi connectivity index (χ3n) is 9.13. The summed E-state index contributed by atoms with van der Waals surface area (Å²) in [5, 5.41) is 18.7. The number of likely N-dealkylation sites (N-methyl/N-ethyl adjacent to an activating group) is 1. The number of benzene rings is 4. The summed E-state index contributed by atoms with van der Waals surface area (Å²) in [6, 6.07) is 26.4. The zero-order chi connectivity index (χ0) is 36.8. The van der Waals surface area contributed by atoms with E-state index in [0.717, 1.165) is 16.1 Å². The van der Waals surface area contributed by atoms with Gasteiger partial charge in [0.25, 0.3) is 17.7 Å². The highest BCUT2D eigenvalue weighted by atomic mass is 32.1. The number of aromatic nitrogens is 1. The van der Waals surface area contributed by atoms with Gasteiger partial charge >= 0.3 is 0 Å². The molecule has 5 aromatic rings. The number of amides is 3. The van der Waals surface area contributed by atoms with Gasteiger partial charge in [0.15, 0.2) is 5.75 Å². The number of hydrogen-bond acceptors (Lipinski definition) is 9. The molecule has 268 valence electrons. The maximum Gasteiger partial charge on any atom is 0.258 e. The first-order valence-electron chi connectivity index (χ1n) is 17.1. The van der Waals surface area contributed by atoms with Crippen molar-refractivity contribution in [2.24, 2.45) is 5.92 Å². The minimum atomic E-state index is -0.428. The number of carbonyl (C=O) groups is 3. The Morgan fingerprint density at radius 2 is 1.63 bits per heavy atom. The van der Waals surface area contributed by atoms with Crippen LogP contribution in [0.3, 0.4) is 0 Å². The molecule has 6 rings (SSSR count). The maximum atomic E-state index is 13.9. The summed E-state index contributed by atoms with van der Waals surface area (Å²) in [6.07, 6.45) is 1.35. The largest absolute Gasteiger partial charge is 0.486 e. The van der Waals surface area contributed by atoms with Crippen molar-refractivity contribution in [2.75, 3.05) is 43.1 Å². The van der Waals surface area contributed by atoms with Gasteiger partial charge in [0.05, 0.1) is 35.3 Å². The molecule has 11 nitrogen and oxygen atoms in total. The SMILES string of the molecule is C[C@H](CO)N1C[C@H](C)[C@@H](CN(C)Cc2ccc(C(=O)Nc3ccccc3N)cc2)Oc2c(NC(=O)c3ccc(-c4nccs4)cc3)cccc2C1=O. The van der Waals surface area contributed by atoms with Crippen molar-refractivity contribution in [1.29, 1.82) is 0 Å². The van der Waals surface area contributed by atoms with E-state index in [4.69, 9.17) is 10.5 Å². The van der Waals surface area contributed by atoms with E-state index < -0.39 is 6.04 Å². The molecule has 0 saturated carbocycles. The Kier molecular flexibility index (Phi) is 11.3. The Bertz CT molecular complexity index is 2020. The molecule has 2 heterocycles. The number of ether oxygens (including phenoxy) is 1. The molecule has 0 saturated heterocycles. The van der Waals surface area contributed by atoms with E-state index >= 15 is 0 Å².